The summed E-state index contributed by atoms with van der Waals surface area (Å²) < 4.78 is 0. The molecule has 0 bridgehead atoms. The molecular formula is C21H24N6O2S. The second-order valence-electron chi connectivity index (χ2n) is 7.16. The standard InChI is InChI=1S/C21H24N6O2S/c1-2-16-11-17-20(24-14-25-21(17)30-16)27-9-7-26(8-10-27)19(29)12-18(28)23-13-15-3-5-22-6-4-15/h3-6,11,14H,2,7-10,12-13H2,1H3,(H,23,28). The van der Waals surface area contributed by atoms with Gasteiger partial charge in [-0.05, 0) is 30.2 Å². The summed E-state index contributed by atoms with van der Waals surface area (Å²) >= 11 is 1.70. The molecule has 156 valence electrons. The summed E-state index contributed by atoms with van der Waals surface area (Å²) in [5.41, 5.74) is 0.954. The molecule has 9 heteroatoms. The van der Waals surface area contributed by atoms with Crippen LogP contribution in [0.2, 0.25) is 0 Å². The van der Waals surface area contributed by atoms with Gasteiger partial charge in [-0.25, -0.2) is 9.97 Å². The summed E-state index contributed by atoms with van der Waals surface area (Å²) in [6.07, 6.45) is 5.81. The highest BCUT2D eigenvalue weighted by atomic mass is 32.1. The third kappa shape index (κ3) is 4.56. The number of hydrogen-bond acceptors (Lipinski definition) is 7. The summed E-state index contributed by atoms with van der Waals surface area (Å²) in [6.45, 7) is 5.06. The Morgan fingerprint density at radius 2 is 1.90 bits per heavy atom. The van der Waals surface area contributed by atoms with Crippen LogP contribution in [0, 0.1) is 0 Å². The number of amides is 2. The lowest BCUT2D eigenvalue weighted by Crippen LogP contribution is -2.49. The maximum absolute atomic E-state index is 12.5. The monoisotopic (exact) mass is 424 g/mol. The second kappa shape index (κ2) is 9.17. The highest BCUT2D eigenvalue weighted by Crippen LogP contribution is 2.30. The van der Waals surface area contributed by atoms with E-state index in [2.05, 4.69) is 38.2 Å². The molecule has 0 spiro atoms. The maximum atomic E-state index is 12.5. The molecular weight excluding hydrogens is 400 g/mol. The Hall–Kier alpha value is -3.07. The number of hydrogen-bond donors (Lipinski definition) is 1. The zero-order valence-corrected chi connectivity index (χ0v) is 17.7. The van der Waals surface area contributed by atoms with Crippen LogP contribution in [-0.2, 0) is 22.6 Å². The van der Waals surface area contributed by atoms with Gasteiger partial charge in [0.2, 0.25) is 11.8 Å². The summed E-state index contributed by atoms with van der Waals surface area (Å²) in [7, 11) is 0. The average molecular weight is 425 g/mol. The Morgan fingerprint density at radius 3 is 2.63 bits per heavy atom. The summed E-state index contributed by atoms with van der Waals surface area (Å²) in [5, 5.41) is 3.87. The molecule has 1 aliphatic rings. The predicted molar refractivity (Wildman–Crippen MR) is 116 cm³/mol. The van der Waals surface area contributed by atoms with Gasteiger partial charge in [0.1, 0.15) is 23.4 Å². The van der Waals surface area contributed by atoms with E-state index in [0.29, 0.717) is 32.7 Å². The molecule has 3 aromatic rings. The lowest BCUT2D eigenvalue weighted by molar-refractivity contribution is -0.136. The molecule has 0 atom stereocenters. The van der Waals surface area contributed by atoms with E-state index < -0.39 is 0 Å². The number of piperazine rings is 1. The van der Waals surface area contributed by atoms with Crippen LogP contribution in [0.25, 0.3) is 10.2 Å². The first-order valence-corrected chi connectivity index (χ1v) is 10.9. The van der Waals surface area contributed by atoms with Gasteiger partial charge in [0, 0.05) is 50.0 Å². The first kappa shape index (κ1) is 20.2. The number of carbonyl (C=O) groups excluding carboxylic acids is 2. The molecule has 1 fully saturated rings. The van der Waals surface area contributed by atoms with Crippen LogP contribution in [0.15, 0.2) is 36.9 Å². The van der Waals surface area contributed by atoms with Gasteiger partial charge in [-0.15, -0.1) is 11.3 Å². The number of aromatic nitrogens is 3. The average Bonchev–Trinajstić information content (AvgIpc) is 3.22. The number of fused-ring (bicyclic) bond motifs is 1. The Labute approximate surface area is 179 Å². The van der Waals surface area contributed by atoms with E-state index >= 15 is 0 Å². The van der Waals surface area contributed by atoms with E-state index in [1.807, 2.05) is 12.1 Å². The molecule has 0 aromatic carbocycles. The minimum Gasteiger partial charge on any atom is -0.352 e. The number of nitrogens with one attached hydrogen (secondary N) is 1. The molecule has 2 amide bonds. The lowest BCUT2D eigenvalue weighted by atomic mass is 10.2. The first-order valence-electron chi connectivity index (χ1n) is 10.1. The largest absolute Gasteiger partial charge is 0.352 e. The van der Waals surface area contributed by atoms with E-state index in [-0.39, 0.29) is 18.2 Å². The van der Waals surface area contributed by atoms with Crippen LogP contribution >= 0.6 is 11.3 Å². The highest BCUT2D eigenvalue weighted by molar-refractivity contribution is 7.18. The van der Waals surface area contributed by atoms with Crippen molar-refractivity contribution in [2.75, 3.05) is 31.1 Å². The van der Waals surface area contributed by atoms with Crippen LogP contribution in [-0.4, -0.2) is 57.8 Å². The number of rotatable bonds is 6. The Kier molecular flexibility index (Phi) is 6.18. The van der Waals surface area contributed by atoms with Crippen molar-refractivity contribution in [2.45, 2.75) is 26.3 Å². The number of nitrogens with zero attached hydrogens (tertiary/aromatic N) is 5. The lowest BCUT2D eigenvalue weighted by Gasteiger charge is -2.35. The van der Waals surface area contributed by atoms with Gasteiger partial charge >= 0.3 is 0 Å². The van der Waals surface area contributed by atoms with Crippen LogP contribution in [0.4, 0.5) is 5.82 Å². The van der Waals surface area contributed by atoms with Gasteiger partial charge in [-0.3, -0.25) is 14.6 Å². The van der Waals surface area contributed by atoms with Gasteiger partial charge in [-0.2, -0.15) is 0 Å². The quantitative estimate of drug-likeness (QED) is 0.609. The van der Waals surface area contributed by atoms with Crippen molar-refractivity contribution >= 4 is 39.2 Å². The van der Waals surface area contributed by atoms with Crippen molar-refractivity contribution in [3.63, 3.8) is 0 Å². The van der Waals surface area contributed by atoms with Crippen LogP contribution in [0.1, 0.15) is 23.8 Å². The van der Waals surface area contributed by atoms with Gasteiger partial charge < -0.3 is 15.1 Å². The van der Waals surface area contributed by atoms with Crippen LogP contribution < -0.4 is 10.2 Å². The fourth-order valence-electron chi connectivity index (χ4n) is 3.50. The highest BCUT2D eigenvalue weighted by Gasteiger charge is 2.24. The molecule has 8 nitrogen and oxygen atoms in total. The van der Waals surface area contributed by atoms with Crippen molar-refractivity contribution in [3.8, 4) is 0 Å². The van der Waals surface area contributed by atoms with E-state index in [0.717, 1.165) is 28.0 Å². The fourth-order valence-corrected chi connectivity index (χ4v) is 4.43. The van der Waals surface area contributed by atoms with Crippen LogP contribution in [0.3, 0.4) is 0 Å². The molecule has 0 radical (unpaired) electrons. The number of pyridine rings is 1. The molecule has 1 aliphatic heterocycles. The van der Waals surface area contributed by atoms with Crippen molar-refractivity contribution in [1.82, 2.24) is 25.2 Å². The topological polar surface area (TPSA) is 91.3 Å². The van der Waals surface area contributed by atoms with E-state index in [9.17, 15) is 9.59 Å². The minimum atomic E-state index is -0.262. The predicted octanol–water partition coefficient (Wildman–Crippen LogP) is 2.00. The van der Waals surface area contributed by atoms with E-state index in [4.69, 9.17) is 0 Å². The van der Waals surface area contributed by atoms with Crippen molar-refractivity contribution in [1.29, 1.82) is 0 Å². The second-order valence-corrected chi connectivity index (χ2v) is 8.27. The third-order valence-electron chi connectivity index (χ3n) is 5.19. The third-order valence-corrected chi connectivity index (χ3v) is 6.38. The molecule has 3 aromatic heterocycles. The number of carbonyl (C=O) groups is 2. The van der Waals surface area contributed by atoms with Crippen molar-refractivity contribution in [3.05, 3.63) is 47.4 Å². The van der Waals surface area contributed by atoms with Crippen molar-refractivity contribution < 1.29 is 9.59 Å². The van der Waals surface area contributed by atoms with Crippen LogP contribution in [0.5, 0.6) is 0 Å². The fraction of sp³-hybridized carbons (Fsp3) is 0.381. The van der Waals surface area contributed by atoms with Gasteiger partial charge in [0.15, 0.2) is 0 Å². The van der Waals surface area contributed by atoms with Crippen molar-refractivity contribution in [2.24, 2.45) is 0 Å². The summed E-state index contributed by atoms with van der Waals surface area (Å²) in [6, 6.07) is 5.84. The summed E-state index contributed by atoms with van der Waals surface area (Å²) in [4.78, 5) is 43.7. The normalized spacial score (nSPS) is 14.2. The molecule has 1 saturated heterocycles. The zero-order chi connectivity index (χ0) is 20.9. The number of anilines is 1. The maximum Gasteiger partial charge on any atom is 0.232 e. The summed E-state index contributed by atoms with van der Waals surface area (Å²) in [5.74, 6) is 0.527. The first-order chi connectivity index (χ1) is 14.6. The molecule has 4 heterocycles. The van der Waals surface area contributed by atoms with Gasteiger partial charge in [0.25, 0.3) is 0 Å². The zero-order valence-electron chi connectivity index (χ0n) is 16.9. The Morgan fingerprint density at radius 1 is 1.13 bits per heavy atom. The number of thiophene rings is 1. The van der Waals surface area contributed by atoms with Gasteiger partial charge in [-0.1, -0.05) is 6.92 Å². The van der Waals surface area contributed by atoms with E-state index in [1.54, 1.807) is 35.0 Å². The molecule has 0 aliphatic carbocycles. The minimum absolute atomic E-state index is 0.132. The molecule has 0 unspecified atom stereocenters. The van der Waals surface area contributed by atoms with Gasteiger partial charge in [0.05, 0.1) is 5.39 Å². The Balaban J connectivity index is 1.30. The smallest absolute Gasteiger partial charge is 0.232 e. The molecule has 0 saturated carbocycles. The van der Waals surface area contributed by atoms with E-state index in [1.165, 1.54) is 4.88 Å². The Bertz CT molecular complexity index is 1030. The molecule has 4 rings (SSSR count). The number of aryl methyl sites for hydroxylation is 1. The molecule has 30 heavy (non-hydrogen) atoms. The SMILES string of the molecule is CCc1cc2c(N3CCN(C(=O)CC(=O)NCc4ccncc4)CC3)ncnc2s1. The molecule has 1 N–H and O–H groups in total.